The zero-order valence-corrected chi connectivity index (χ0v) is 11.6. The summed E-state index contributed by atoms with van der Waals surface area (Å²) in [6, 6.07) is 7.14. The second-order valence-corrected chi connectivity index (χ2v) is 4.77. The number of fused-ring (bicyclic) bond motifs is 1. The van der Waals surface area contributed by atoms with Crippen LogP contribution in [0.4, 0.5) is 0 Å². The van der Waals surface area contributed by atoms with E-state index in [4.69, 9.17) is 20.6 Å². The van der Waals surface area contributed by atoms with Gasteiger partial charge in [-0.1, -0.05) is 6.42 Å². The molecular weight excluding hydrogens is 272 g/mol. The normalized spacial score (nSPS) is 12.3. The summed E-state index contributed by atoms with van der Waals surface area (Å²) < 4.78 is 10.2. The van der Waals surface area contributed by atoms with Crippen LogP contribution < -0.4 is 21.8 Å². The van der Waals surface area contributed by atoms with Gasteiger partial charge in [0, 0.05) is 17.5 Å². The van der Waals surface area contributed by atoms with Crippen molar-refractivity contribution < 1.29 is 13.9 Å². The van der Waals surface area contributed by atoms with Gasteiger partial charge in [-0.15, -0.1) is 0 Å². The van der Waals surface area contributed by atoms with Crippen LogP contribution in [-0.4, -0.2) is 18.6 Å². The Bertz CT molecular complexity index is 681. The molecule has 2 rings (SSSR count). The van der Waals surface area contributed by atoms with Gasteiger partial charge < -0.3 is 20.6 Å². The van der Waals surface area contributed by atoms with Gasteiger partial charge in [-0.2, -0.15) is 0 Å². The van der Waals surface area contributed by atoms with Gasteiger partial charge in [0.1, 0.15) is 17.4 Å². The van der Waals surface area contributed by atoms with Gasteiger partial charge in [-0.25, -0.2) is 9.59 Å². The van der Waals surface area contributed by atoms with Crippen LogP contribution in [-0.2, 0) is 4.79 Å². The fourth-order valence-corrected chi connectivity index (χ4v) is 1.92. The molecule has 1 heterocycles. The second-order valence-electron chi connectivity index (χ2n) is 4.77. The number of carbonyl (C=O) groups excluding carboxylic acids is 1. The van der Waals surface area contributed by atoms with Gasteiger partial charge in [0.05, 0.1) is 0 Å². The van der Waals surface area contributed by atoms with Gasteiger partial charge in [0.15, 0.2) is 0 Å². The number of ether oxygens (including phenoxy) is 1. The molecule has 0 spiro atoms. The molecule has 0 aliphatic carbocycles. The van der Waals surface area contributed by atoms with Crippen molar-refractivity contribution >= 4 is 16.9 Å². The van der Waals surface area contributed by atoms with Crippen molar-refractivity contribution in [2.45, 2.75) is 25.3 Å². The molecule has 0 bridgehead atoms. The predicted octanol–water partition coefficient (Wildman–Crippen LogP) is 1.15. The molecule has 21 heavy (non-hydrogen) atoms. The smallest absolute Gasteiger partial charge is 0.336 e. The maximum absolute atomic E-state index is 11.8. The summed E-state index contributed by atoms with van der Waals surface area (Å²) in [4.78, 5) is 23.0. The number of rotatable bonds is 6. The standard InChI is InChI=1S/C15H18N2O4/c16-8-2-1-3-12(17)15(19)20-11-6-4-10-5-7-14(18)21-13(10)9-11/h4-7,9,12H,1-3,8,16-17H2/t12-/m0/s1. The molecule has 1 aromatic carbocycles. The van der Waals surface area contributed by atoms with Crippen LogP contribution >= 0.6 is 0 Å². The highest BCUT2D eigenvalue weighted by Crippen LogP contribution is 2.20. The Morgan fingerprint density at radius 3 is 2.76 bits per heavy atom. The van der Waals surface area contributed by atoms with E-state index in [1.54, 1.807) is 18.2 Å². The van der Waals surface area contributed by atoms with Gasteiger partial charge >= 0.3 is 11.6 Å². The molecule has 0 saturated heterocycles. The number of esters is 1. The summed E-state index contributed by atoms with van der Waals surface area (Å²) >= 11 is 0. The molecule has 0 radical (unpaired) electrons. The lowest BCUT2D eigenvalue weighted by Crippen LogP contribution is -2.34. The summed E-state index contributed by atoms with van der Waals surface area (Å²) in [7, 11) is 0. The van der Waals surface area contributed by atoms with Crippen LogP contribution in [0.5, 0.6) is 5.75 Å². The highest BCUT2D eigenvalue weighted by atomic mass is 16.5. The molecule has 112 valence electrons. The first-order valence-corrected chi connectivity index (χ1v) is 6.81. The monoisotopic (exact) mass is 290 g/mol. The van der Waals surface area contributed by atoms with Crippen molar-refractivity contribution in [2.24, 2.45) is 11.5 Å². The maximum Gasteiger partial charge on any atom is 0.336 e. The van der Waals surface area contributed by atoms with Crippen molar-refractivity contribution in [1.29, 1.82) is 0 Å². The molecule has 0 saturated carbocycles. The molecule has 6 heteroatoms. The quantitative estimate of drug-likeness (QED) is 0.357. The van der Waals surface area contributed by atoms with Crippen LogP contribution in [0, 0.1) is 0 Å². The van der Waals surface area contributed by atoms with Crippen LogP contribution in [0.25, 0.3) is 11.0 Å². The van der Waals surface area contributed by atoms with Crippen molar-refractivity contribution in [3.05, 3.63) is 40.8 Å². The lowest BCUT2D eigenvalue weighted by molar-refractivity contribution is -0.136. The first-order valence-electron chi connectivity index (χ1n) is 6.81. The maximum atomic E-state index is 11.8. The van der Waals surface area contributed by atoms with Crippen molar-refractivity contribution in [1.82, 2.24) is 0 Å². The summed E-state index contributed by atoms with van der Waals surface area (Å²) in [6.45, 7) is 0.575. The minimum Gasteiger partial charge on any atom is -0.425 e. The summed E-state index contributed by atoms with van der Waals surface area (Å²) in [5.41, 5.74) is 11.1. The molecule has 0 amide bonds. The van der Waals surface area contributed by atoms with Gasteiger partial charge in [-0.05, 0) is 37.6 Å². The van der Waals surface area contributed by atoms with Crippen LogP contribution in [0.1, 0.15) is 19.3 Å². The molecule has 2 aromatic rings. The molecule has 0 unspecified atom stereocenters. The minimum absolute atomic E-state index is 0.302. The average molecular weight is 290 g/mol. The Morgan fingerprint density at radius 1 is 1.24 bits per heavy atom. The third kappa shape index (κ3) is 4.14. The fraction of sp³-hybridized carbons (Fsp3) is 0.333. The summed E-state index contributed by atoms with van der Waals surface area (Å²) in [6.07, 6.45) is 2.13. The molecular formula is C15H18N2O4. The lowest BCUT2D eigenvalue weighted by Gasteiger charge is -2.11. The van der Waals surface area contributed by atoms with Gasteiger partial charge in [-0.3, -0.25) is 0 Å². The first-order chi connectivity index (χ1) is 10.1. The van der Waals surface area contributed by atoms with E-state index in [1.165, 1.54) is 12.1 Å². The third-order valence-corrected chi connectivity index (χ3v) is 3.08. The van der Waals surface area contributed by atoms with E-state index in [1.807, 2.05) is 0 Å². The zero-order valence-electron chi connectivity index (χ0n) is 11.6. The summed E-state index contributed by atoms with van der Waals surface area (Å²) in [5.74, 6) is -0.208. The first kappa shape index (κ1) is 15.2. The number of hydrogen-bond donors (Lipinski definition) is 2. The highest BCUT2D eigenvalue weighted by molar-refractivity contribution is 5.81. The van der Waals surface area contributed by atoms with E-state index in [9.17, 15) is 9.59 Å². The van der Waals surface area contributed by atoms with Crippen molar-refractivity contribution in [3.8, 4) is 5.75 Å². The largest absolute Gasteiger partial charge is 0.425 e. The van der Waals surface area contributed by atoms with Crippen LogP contribution in [0.15, 0.2) is 39.5 Å². The van der Waals surface area contributed by atoms with E-state index >= 15 is 0 Å². The lowest BCUT2D eigenvalue weighted by atomic mass is 10.1. The minimum atomic E-state index is -0.685. The summed E-state index contributed by atoms with van der Waals surface area (Å²) in [5, 5.41) is 0.752. The Labute approximate surface area is 121 Å². The van der Waals surface area contributed by atoms with E-state index in [-0.39, 0.29) is 0 Å². The molecule has 0 aliphatic rings. The van der Waals surface area contributed by atoms with Gasteiger partial charge in [0.25, 0.3) is 0 Å². The molecule has 1 atom stereocenters. The second kappa shape index (κ2) is 7.01. The molecule has 1 aromatic heterocycles. The Kier molecular flexibility index (Phi) is 5.08. The van der Waals surface area contributed by atoms with Crippen LogP contribution in [0.2, 0.25) is 0 Å². The Balaban J connectivity index is 2.05. The number of unbranched alkanes of at least 4 members (excludes halogenated alkanes) is 1. The van der Waals surface area contributed by atoms with E-state index in [0.29, 0.717) is 24.3 Å². The molecule has 4 N–H and O–H groups in total. The molecule has 6 nitrogen and oxygen atoms in total. The van der Waals surface area contributed by atoms with Crippen LogP contribution in [0.3, 0.4) is 0 Å². The Hall–Kier alpha value is -2.18. The Morgan fingerprint density at radius 2 is 2.00 bits per heavy atom. The number of benzene rings is 1. The third-order valence-electron chi connectivity index (χ3n) is 3.08. The van der Waals surface area contributed by atoms with E-state index < -0.39 is 17.6 Å². The average Bonchev–Trinajstić information content (AvgIpc) is 2.46. The number of hydrogen-bond acceptors (Lipinski definition) is 6. The molecule has 0 aliphatic heterocycles. The fourth-order valence-electron chi connectivity index (χ4n) is 1.92. The topological polar surface area (TPSA) is 109 Å². The number of nitrogens with two attached hydrogens (primary N) is 2. The van der Waals surface area contributed by atoms with Gasteiger partial charge in [0.2, 0.25) is 0 Å². The van der Waals surface area contributed by atoms with E-state index in [0.717, 1.165) is 18.2 Å². The van der Waals surface area contributed by atoms with E-state index in [2.05, 4.69) is 0 Å². The molecule has 0 fully saturated rings. The SMILES string of the molecule is NCCCC[C@H](N)C(=O)Oc1ccc2ccc(=O)oc2c1. The highest BCUT2D eigenvalue weighted by Gasteiger charge is 2.15. The predicted molar refractivity (Wildman–Crippen MR) is 79.0 cm³/mol. The number of carbonyl (C=O) groups is 1. The van der Waals surface area contributed by atoms with Crippen molar-refractivity contribution in [2.75, 3.05) is 6.54 Å². The van der Waals surface area contributed by atoms with Crippen molar-refractivity contribution in [3.63, 3.8) is 0 Å². The zero-order chi connectivity index (χ0) is 15.2.